The molecule has 2 heterocycles. The number of thioether (sulfide) groups is 1. The third-order valence-corrected chi connectivity index (χ3v) is 6.34. The van der Waals surface area contributed by atoms with Crippen molar-refractivity contribution >= 4 is 23.4 Å². The number of aryl methyl sites for hydroxylation is 2. The van der Waals surface area contributed by atoms with Crippen LogP contribution < -0.4 is 5.32 Å². The van der Waals surface area contributed by atoms with Gasteiger partial charge in [0.15, 0.2) is 0 Å². The van der Waals surface area contributed by atoms with Gasteiger partial charge in [0.2, 0.25) is 11.1 Å². The topological polar surface area (TPSA) is 81.9 Å². The molecular formula is C22H25N5O2S. The van der Waals surface area contributed by atoms with Crippen LogP contribution in [0.3, 0.4) is 0 Å². The van der Waals surface area contributed by atoms with Crippen molar-refractivity contribution in [3.8, 4) is 0 Å². The summed E-state index contributed by atoms with van der Waals surface area (Å²) in [5.41, 5.74) is 3.84. The van der Waals surface area contributed by atoms with Crippen molar-refractivity contribution in [2.75, 3.05) is 11.9 Å². The Morgan fingerprint density at radius 1 is 1.27 bits per heavy atom. The molecule has 1 aromatic heterocycles. The van der Waals surface area contributed by atoms with Gasteiger partial charge in [-0.1, -0.05) is 54.2 Å². The maximum atomic E-state index is 13.3. The van der Waals surface area contributed by atoms with Crippen LogP contribution in [0, 0.1) is 13.8 Å². The van der Waals surface area contributed by atoms with E-state index < -0.39 is 5.25 Å². The number of amides is 1. The first-order valence-corrected chi connectivity index (χ1v) is 11.0. The first-order valence-electron chi connectivity index (χ1n) is 10.1. The van der Waals surface area contributed by atoms with Gasteiger partial charge in [0.1, 0.15) is 5.25 Å². The van der Waals surface area contributed by atoms with E-state index in [2.05, 4.69) is 20.8 Å². The second-order valence-electron chi connectivity index (χ2n) is 7.49. The van der Waals surface area contributed by atoms with Crippen LogP contribution in [0.15, 0.2) is 53.7 Å². The van der Waals surface area contributed by atoms with E-state index in [-0.39, 0.29) is 12.0 Å². The minimum atomic E-state index is -0.486. The Morgan fingerprint density at radius 3 is 2.87 bits per heavy atom. The maximum Gasteiger partial charge on any atom is 0.242 e. The third-order valence-electron chi connectivity index (χ3n) is 5.11. The van der Waals surface area contributed by atoms with E-state index in [1.54, 1.807) is 4.68 Å². The zero-order chi connectivity index (χ0) is 20.9. The summed E-state index contributed by atoms with van der Waals surface area (Å²) in [5, 5.41) is 15.3. The molecule has 4 rings (SSSR count). The summed E-state index contributed by atoms with van der Waals surface area (Å²) in [6, 6.07) is 15.7. The average molecular weight is 424 g/mol. The third kappa shape index (κ3) is 4.88. The largest absolute Gasteiger partial charge is 0.376 e. The summed E-state index contributed by atoms with van der Waals surface area (Å²) >= 11 is 1.36. The fraction of sp³-hybridized carbons (Fsp3) is 0.364. The zero-order valence-corrected chi connectivity index (χ0v) is 17.9. The molecule has 1 amide bonds. The van der Waals surface area contributed by atoms with Crippen LogP contribution in [-0.2, 0) is 16.1 Å². The van der Waals surface area contributed by atoms with E-state index in [1.807, 2.05) is 62.4 Å². The predicted molar refractivity (Wildman–Crippen MR) is 116 cm³/mol. The van der Waals surface area contributed by atoms with Crippen LogP contribution in [0.5, 0.6) is 0 Å². The molecular weight excluding hydrogens is 398 g/mol. The van der Waals surface area contributed by atoms with E-state index in [0.29, 0.717) is 11.7 Å². The second kappa shape index (κ2) is 9.40. The van der Waals surface area contributed by atoms with Crippen LogP contribution in [-0.4, -0.2) is 38.8 Å². The molecule has 1 aliphatic rings. The number of hydrogen-bond acceptors (Lipinski definition) is 6. The second-order valence-corrected chi connectivity index (χ2v) is 8.57. The molecule has 1 saturated heterocycles. The Morgan fingerprint density at radius 2 is 2.10 bits per heavy atom. The molecule has 2 aromatic carbocycles. The van der Waals surface area contributed by atoms with Crippen molar-refractivity contribution in [1.29, 1.82) is 0 Å². The number of nitrogens with zero attached hydrogens (tertiary/aromatic N) is 4. The Bertz CT molecular complexity index is 1000. The summed E-state index contributed by atoms with van der Waals surface area (Å²) in [7, 11) is 0. The number of tetrazole rings is 1. The van der Waals surface area contributed by atoms with E-state index >= 15 is 0 Å². The number of carbonyl (C=O) groups excluding carboxylic acids is 1. The van der Waals surface area contributed by atoms with Gasteiger partial charge in [-0.15, -0.1) is 5.10 Å². The van der Waals surface area contributed by atoms with Crippen LogP contribution in [0.25, 0.3) is 0 Å². The molecule has 30 heavy (non-hydrogen) atoms. The molecule has 2 atom stereocenters. The highest BCUT2D eigenvalue weighted by molar-refractivity contribution is 8.00. The number of carbonyl (C=O) groups is 1. The summed E-state index contributed by atoms with van der Waals surface area (Å²) in [4.78, 5) is 13.3. The number of rotatable bonds is 7. The Balaban J connectivity index is 1.57. The van der Waals surface area contributed by atoms with Crippen LogP contribution >= 0.6 is 11.8 Å². The van der Waals surface area contributed by atoms with Gasteiger partial charge >= 0.3 is 0 Å². The smallest absolute Gasteiger partial charge is 0.242 e. The lowest BCUT2D eigenvalue weighted by molar-refractivity contribution is -0.115. The Labute approximate surface area is 180 Å². The maximum absolute atomic E-state index is 13.3. The highest BCUT2D eigenvalue weighted by atomic mass is 32.2. The van der Waals surface area contributed by atoms with Gasteiger partial charge in [0.25, 0.3) is 0 Å². The lowest BCUT2D eigenvalue weighted by Gasteiger charge is -2.18. The van der Waals surface area contributed by atoms with Gasteiger partial charge in [-0.05, 0) is 59.9 Å². The lowest BCUT2D eigenvalue weighted by atomic mass is 10.1. The quantitative estimate of drug-likeness (QED) is 0.580. The fourth-order valence-corrected chi connectivity index (χ4v) is 4.44. The van der Waals surface area contributed by atoms with Gasteiger partial charge in [0, 0.05) is 12.3 Å². The van der Waals surface area contributed by atoms with Gasteiger partial charge in [0.05, 0.1) is 12.6 Å². The summed E-state index contributed by atoms with van der Waals surface area (Å²) in [5.74, 6) is -0.105. The molecule has 0 unspecified atom stereocenters. The van der Waals surface area contributed by atoms with E-state index in [4.69, 9.17) is 4.74 Å². The first-order chi connectivity index (χ1) is 14.6. The molecule has 3 aromatic rings. The highest BCUT2D eigenvalue weighted by Gasteiger charge is 2.27. The predicted octanol–water partition coefficient (Wildman–Crippen LogP) is 3.94. The number of anilines is 1. The number of ether oxygens (including phenoxy) is 1. The van der Waals surface area contributed by atoms with E-state index in [0.717, 1.165) is 41.8 Å². The molecule has 0 bridgehead atoms. The molecule has 1 aliphatic heterocycles. The Kier molecular flexibility index (Phi) is 6.44. The SMILES string of the molecule is Cc1ccc(C)c(NC(=O)[C@@H](Sc2nnnn2C[C@@H]2CCCO2)c2ccccc2)c1. The van der Waals surface area contributed by atoms with Crippen molar-refractivity contribution < 1.29 is 9.53 Å². The number of nitrogens with one attached hydrogen (secondary N) is 1. The minimum absolute atomic E-state index is 0.105. The molecule has 8 heteroatoms. The first kappa shape index (κ1) is 20.6. The molecule has 1 N–H and O–H groups in total. The van der Waals surface area contributed by atoms with Crippen molar-refractivity contribution in [1.82, 2.24) is 20.2 Å². The zero-order valence-electron chi connectivity index (χ0n) is 17.1. The monoisotopic (exact) mass is 423 g/mol. The summed E-state index contributed by atoms with van der Waals surface area (Å²) in [6.45, 7) is 5.37. The minimum Gasteiger partial charge on any atom is -0.376 e. The molecule has 0 radical (unpaired) electrons. The van der Waals surface area contributed by atoms with Crippen molar-refractivity contribution in [3.63, 3.8) is 0 Å². The Hall–Kier alpha value is -2.71. The number of benzene rings is 2. The molecule has 0 spiro atoms. The van der Waals surface area contributed by atoms with Crippen molar-refractivity contribution in [2.24, 2.45) is 0 Å². The van der Waals surface area contributed by atoms with Crippen LogP contribution in [0.2, 0.25) is 0 Å². The summed E-state index contributed by atoms with van der Waals surface area (Å²) in [6.07, 6.45) is 2.17. The standard InChI is InChI=1S/C22H25N5O2S/c1-15-10-11-16(2)19(13-15)23-21(28)20(17-7-4-3-5-8-17)30-22-24-25-26-27(22)14-18-9-6-12-29-18/h3-5,7-8,10-11,13,18,20H,6,9,12,14H2,1-2H3,(H,23,28)/t18-,20-/m0/s1. The van der Waals surface area contributed by atoms with Crippen LogP contribution in [0.4, 0.5) is 5.69 Å². The van der Waals surface area contributed by atoms with Gasteiger partial charge in [-0.25, -0.2) is 4.68 Å². The van der Waals surface area contributed by atoms with Crippen molar-refractivity contribution in [2.45, 2.75) is 49.7 Å². The van der Waals surface area contributed by atoms with E-state index in [9.17, 15) is 4.79 Å². The van der Waals surface area contributed by atoms with Crippen LogP contribution in [0.1, 0.15) is 34.8 Å². The molecule has 1 fully saturated rings. The lowest BCUT2D eigenvalue weighted by Crippen LogP contribution is -2.21. The van der Waals surface area contributed by atoms with Gasteiger partial charge in [-0.3, -0.25) is 4.79 Å². The fourth-order valence-electron chi connectivity index (χ4n) is 3.45. The van der Waals surface area contributed by atoms with Gasteiger partial charge in [-0.2, -0.15) is 0 Å². The molecule has 0 aliphatic carbocycles. The van der Waals surface area contributed by atoms with Gasteiger partial charge < -0.3 is 10.1 Å². The normalized spacial score (nSPS) is 17.1. The molecule has 156 valence electrons. The van der Waals surface area contributed by atoms with E-state index in [1.165, 1.54) is 11.8 Å². The highest BCUT2D eigenvalue weighted by Crippen LogP contribution is 2.35. The molecule has 0 saturated carbocycles. The summed E-state index contributed by atoms with van der Waals surface area (Å²) < 4.78 is 7.45. The van der Waals surface area contributed by atoms with Crippen molar-refractivity contribution in [3.05, 3.63) is 65.2 Å². The average Bonchev–Trinajstić information content (AvgIpc) is 3.42. The molecule has 7 nitrogen and oxygen atoms in total. The number of aromatic nitrogens is 4. The number of hydrogen-bond donors (Lipinski definition) is 1.